The Bertz CT molecular complexity index is 2400. The minimum Gasteiger partial charge on any atom is -0.489 e. The number of hydrogen-bond acceptors (Lipinski definition) is 6. The van der Waals surface area contributed by atoms with E-state index in [4.69, 9.17) is 25.7 Å². The van der Waals surface area contributed by atoms with Crippen molar-refractivity contribution in [3.63, 3.8) is 0 Å². The van der Waals surface area contributed by atoms with Crippen molar-refractivity contribution >= 4 is 45.7 Å². The molecule has 232 valence electrons. The van der Waals surface area contributed by atoms with E-state index in [1.54, 1.807) is 66.9 Å². The Hall–Kier alpha value is -5.93. The summed E-state index contributed by atoms with van der Waals surface area (Å²) in [5, 5.41) is 15.7. The van der Waals surface area contributed by atoms with E-state index in [1.165, 1.54) is 4.68 Å². The summed E-state index contributed by atoms with van der Waals surface area (Å²) in [5.41, 5.74) is 5.47. The van der Waals surface area contributed by atoms with E-state index in [1.807, 2.05) is 56.3 Å². The fourth-order valence-corrected chi connectivity index (χ4v) is 5.78. The van der Waals surface area contributed by atoms with Crippen LogP contribution in [0.5, 0.6) is 5.75 Å². The lowest BCUT2D eigenvalue weighted by atomic mass is 10.1. The molecule has 10 heteroatoms. The second-order valence-corrected chi connectivity index (χ2v) is 11.5. The molecule has 0 aliphatic heterocycles. The van der Waals surface area contributed by atoms with E-state index in [9.17, 15) is 14.7 Å². The van der Waals surface area contributed by atoms with Crippen LogP contribution in [0.2, 0.25) is 5.02 Å². The number of furan rings is 1. The predicted molar refractivity (Wildman–Crippen MR) is 182 cm³/mol. The molecule has 0 spiro atoms. The van der Waals surface area contributed by atoms with Gasteiger partial charge in [0.1, 0.15) is 17.9 Å². The zero-order valence-corrected chi connectivity index (χ0v) is 26.1. The number of rotatable bonds is 8. The maximum absolute atomic E-state index is 13.7. The van der Waals surface area contributed by atoms with Gasteiger partial charge in [-0.1, -0.05) is 35.9 Å². The molecule has 0 atom stereocenters. The van der Waals surface area contributed by atoms with Crippen LogP contribution in [0.15, 0.2) is 117 Å². The number of nitrogens with zero attached hydrogens (tertiary/aromatic N) is 4. The molecule has 0 aliphatic carbocycles. The van der Waals surface area contributed by atoms with Crippen LogP contribution in [-0.4, -0.2) is 31.5 Å². The number of carboxylic acid groups (broad SMARTS) is 1. The minimum atomic E-state index is -0.975. The van der Waals surface area contributed by atoms with Gasteiger partial charge in [-0.2, -0.15) is 9.78 Å². The molecule has 3 heterocycles. The minimum absolute atomic E-state index is 0.220. The van der Waals surface area contributed by atoms with Crippen molar-refractivity contribution in [2.75, 3.05) is 0 Å². The van der Waals surface area contributed by atoms with Crippen molar-refractivity contribution in [3.8, 4) is 23.0 Å². The summed E-state index contributed by atoms with van der Waals surface area (Å²) >= 11 is 6.20. The Morgan fingerprint density at radius 1 is 0.979 bits per heavy atom. The number of para-hydroxylation sites is 1. The number of aryl methyl sites for hydroxylation is 1. The third-order valence-corrected chi connectivity index (χ3v) is 8.14. The maximum atomic E-state index is 13.7. The topological polar surface area (TPSA) is 112 Å². The molecule has 0 fully saturated rings. The Balaban J connectivity index is 1.19. The molecule has 0 aliphatic rings. The highest BCUT2D eigenvalue weighted by Gasteiger charge is 2.17. The molecular formula is C37H27ClN4O5. The first-order chi connectivity index (χ1) is 22.7. The Labute approximate surface area is 273 Å². The quantitative estimate of drug-likeness (QED) is 0.168. The lowest BCUT2D eigenvalue weighted by Crippen LogP contribution is -2.20. The van der Waals surface area contributed by atoms with Crippen LogP contribution in [0, 0.1) is 13.8 Å². The second-order valence-electron chi connectivity index (χ2n) is 11.1. The number of carbonyl (C=O) groups is 1. The average Bonchev–Trinajstić information content (AvgIpc) is 3.62. The zero-order chi connectivity index (χ0) is 32.7. The number of carboxylic acids is 1. The number of aromatic carboxylic acids is 1. The van der Waals surface area contributed by atoms with Crippen LogP contribution in [-0.2, 0) is 6.61 Å². The van der Waals surface area contributed by atoms with E-state index >= 15 is 0 Å². The van der Waals surface area contributed by atoms with Crippen molar-refractivity contribution in [1.29, 1.82) is 0 Å². The van der Waals surface area contributed by atoms with Gasteiger partial charge in [-0.3, -0.25) is 4.79 Å². The van der Waals surface area contributed by atoms with Crippen molar-refractivity contribution < 1.29 is 19.1 Å². The summed E-state index contributed by atoms with van der Waals surface area (Å²) < 4.78 is 15.4. The molecule has 7 rings (SSSR count). The number of benzene rings is 4. The van der Waals surface area contributed by atoms with Gasteiger partial charge in [0.15, 0.2) is 5.76 Å². The Morgan fingerprint density at radius 2 is 1.79 bits per heavy atom. The van der Waals surface area contributed by atoms with Crippen LogP contribution in [0.25, 0.3) is 39.1 Å². The average molecular weight is 643 g/mol. The van der Waals surface area contributed by atoms with Crippen LogP contribution >= 0.6 is 11.6 Å². The number of aromatic nitrogens is 3. The molecule has 0 unspecified atom stereocenters. The first kappa shape index (κ1) is 29.8. The summed E-state index contributed by atoms with van der Waals surface area (Å²) in [4.78, 5) is 29.7. The standard InChI is InChI=1S/C37H27ClN4O5/c1-22-16-27(23(2)41(22)29-11-13-30(14-12-29)46-21-24-6-5-7-25(17-24)37(44)45)20-39-42-35(40-32-9-4-3-8-31(32)36(42)43)34-19-26-18-28(38)10-15-33(26)47-34/h3-20H,21H2,1-2H3,(H,44,45). The fourth-order valence-electron chi connectivity index (χ4n) is 5.60. The van der Waals surface area contributed by atoms with Gasteiger partial charge in [0.25, 0.3) is 5.56 Å². The summed E-state index contributed by atoms with van der Waals surface area (Å²) in [6, 6.07) is 30.6. The van der Waals surface area contributed by atoms with E-state index in [0.717, 1.165) is 33.6 Å². The molecule has 7 aromatic rings. The SMILES string of the molecule is Cc1cc(C=Nn2c(-c3cc4cc(Cl)ccc4o3)nc3ccccc3c2=O)c(C)n1-c1ccc(OCc2cccc(C(=O)O)c2)cc1. The zero-order valence-electron chi connectivity index (χ0n) is 25.3. The van der Waals surface area contributed by atoms with Crippen molar-refractivity contribution in [1.82, 2.24) is 14.2 Å². The predicted octanol–water partition coefficient (Wildman–Crippen LogP) is 8.03. The molecule has 0 radical (unpaired) electrons. The molecule has 0 bridgehead atoms. The molecule has 0 saturated heterocycles. The van der Waals surface area contributed by atoms with Crippen LogP contribution in [0.1, 0.15) is 32.9 Å². The molecule has 1 N–H and O–H groups in total. The van der Waals surface area contributed by atoms with Crippen LogP contribution < -0.4 is 10.3 Å². The van der Waals surface area contributed by atoms with Gasteiger partial charge < -0.3 is 18.8 Å². The molecule has 0 amide bonds. The molecule has 0 saturated carbocycles. The smallest absolute Gasteiger partial charge is 0.335 e. The van der Waals surface area contributed by atoms with Crippen molar-refractivity contribution in [3.05, 3.63) is 147 Å². The summed E-state index contributed by atoms with van der Waals surface area (Å²) in [5.74, 6) is 0.347. The van der Waals surface area contributed by atoms with Gasteiger partial charge in [-0.15, -0.1) is 0 Å². The van der Waals surface area contributed by atoms with Gasteiger partial charge >= 0.3 is 5.97 Å². The second kappa shape index (κ2) is 12.1. The summed E-state index contributed by atoms with van der Waals surface area (Å²) in [6.45, 7) is 4.23. The van der Waals surface area contributed by atoms with Gasteiger partial charge in [-0.05, 0) is 98.3 Å². The molecule has 9 nitrogen and oxygen atoms in total. The third kappa shape index (κ3) is 5.80. The van der Waals surface area contributed by atoms with Gasteiger partial charge in [-0.25, -0.2) is 9.78 Å². The maximum Gasteiger partial charge on any atom is 0.335 e. The summed E-state index contributed by atoms with van der Waals surface area (Å²) in [7, 11) is 0. The largest absolute Gasteiger partial charge is 0.489 e. The van der Waals surface area contributed by atoms with Gasteiger partial charge in [0.05, 0.1) is 22.7 Å². The van der Waals surface area contributed by atoms with Crippen LogP contribution in [0.4, 0.5) is 0 Å². The number of fused-ring (bicyclic) bond motifs is 2. The molecule has 3 aromatic heterocycles. The van der Waals surface area contributed by atoms with Gasteiger partial charge in [0.2, 0.25) is 5.82 Å². The number of halogens is 1. The van der Waals surface area contributed by atoms with Gasteiger partial charge in [0, 0.05) is 33.0 Å². The Kier molecular flexibility index (Phi) is 7.67. The number of ether oxygens (including phenoxy) is 1. The fraction of sp³-hybridized carbons (Fsp3) is 0.0811. The van der Waals surface area contributed by atoms with Crippen molar-refractivity contribution in [2.24, 2.45) is 5.10 Å². The molecular weight excluding hydrogens is 616 g/mol. The lowest BCUT2D eigenvalue weighted by Gasteiger charge is -2.12. The Morgan fingerprint density at radius 3 is 2.60 bits per heavy atom. The first-order valence-corrected chi connectivity index (χ1v) is 15.1. The summed E-state index contributed by atoms with van der Waals surface area (Å²) in [6.07, 6.45) is 1.66. The van der Waals surface area contributed by atoms with E-state index in [0.29, 0.717) is 33.0 Å². The normalized spacial score (nSPS) is 11.6. The highest BCUT2D eigenvalue weighted by Crippen LogP contribution is 2.29. The lowest BCUT2D eigenvalue weighted by molar-refractivity contribution is 0.0696. The van der Waals surface area contributed by atoms with Crippen LogP contribution in [0.3, 0.4) is 0 Å². The molecule has 47 heavy (non-hydrogen) atoms. The van der Waals surface area contributed by atoms with Crippen molar-refractivity contribution in [2.45, 2.75) is 20.5 Å². The highest BCUT2D eigenvalue weighted by atomic mass is 35.5. The van der Waals surface area contributed by atoms with E-state index < -0.39 is 5.97 Å². The first-order valence-electron chi connectivity index (χ1n) is 14.8. The van der Waals surface area contributed by atoms with E-state index in [-0.39, 0.29) is 23.6 Å². The number of hydrogen-bond donors (Lipinski definition) is 1. The third-order valence-electron chi connectivity index (χ3n) is 7.91. The molecule has 4 aromatic carbocycles. The highest BCUT2D eigenvalue weighted by molar-refractivity contribution is 6.31. The van der Waals surface area contributed by atoms with E-state index in [2.05, 4.69) is 9.67 Å². The monoisotopic (exact) mass is 642 g/mol.